The fourth-order valence-electron chi connectivity index (χ4n) is 2.68. The molecule has 2 rings (SSSR count). The molecule has 2 N–H and O–H groups in total. The van der Waals surface area contributed by atoms with Crippen molar-refractivity contribution in [1.82, 2.24) is 5.32 Å². The van der Waals surface area contributed by atoms with E-state index in [0.717, 1.165) is 30.4 Å². The average Bonchev–Trinajstić information content (AvgIpc) is 2.59. The first kappa shape index (κ1) is 17.9. The quantitative estimate of drug-likeness (QED) is 0.775. The lowest BCUT2D eigenvalue weighted by molar-refractivity contribution is 0.153. The number of aromatic hydroxyl groups is 1. The molecule has 1 atom stereocenters. The highest BCUT2D eigenvalue weighted by Gasteiger charge is 2.15. The van der Waals surface area contributed by atoms with Crippen molar-refractivity contribution in [2.75, 3.05) is 13.7 Å². The summed E-state index contributed by atoms with van der Waals surface area (Å²) in [6.07, 6.45) is 4.69. The number of phenols is 1. The van der Waals surface area contributed by atoms with E-state index in [9.17, 15) is 9.90 Å². The van der Waals surface area contributed by atoms with Crippen molar-refractivity contribution < 1.29 is 19.4 Å². The zero-order valence-electron chi connectivity index (χ0n) is 14.3. The molecule has 0 fully saturated rings. The monoisotopic (exact) mass is 331 g/mol. The summed E-state index contributed by atoms with van der Waals surface area (Å²) in [5.41, 5.74) is 3.20. The number of nitrogens with one attached hydrogen (secondary N) is 1. The van der Waals surface area contributed by atoms with Gasteiger partial charge in [0.25, 0.3) is 0 Å². The van der Waals surface area contributed by atoms with Gasteiger partial charge in [-0.25, -0.2) is 4.79 Å². The van der Waals surface area contributed by atoms with Crippen molar-refractivity contribution in [3.05, 3.63) is 47.6 Å². The third kappa shape index (κ3) is 5.05. The van der Waals surface area contributed by atoms with Gasteiger partial charge in [0.1, 0.15) is 6.61 Å². The van der Waals surface area contributed by atoms with Crippen LogP contribution >= 0.6 is 0 Å². The maximum absolute atomic E-state index is 11.8. The van der Waals surface area contributed by atoms with E-state index < -0.39 is 6.09 Å². The minimum atomic E-state index is -0.454. The number of carbonyl (C=O) groups excluding carboxylic acids is 1. The number of hydrogen-bond acceptors (Lipinski definition) is 4. The summed E-state index contributed by atoms with van der Waals surface area (Å²) in [5.74, 6) is 0.996. The lowest BCUT2D eigenvalue weighted by Gasteiger charge is -2.22. The molecule has 0 spiro atoms. The molecule has 0 aliphatic heterocycles. The molecular formula is C19H25NO4. The van der Waals surface area contributed by atoms with Crippen LogP contribution in [0, 0.1) is 5.92 Å². The van der Waals surface area contributed by atoms with Gasteiger partial charge in [-0.15, -0.1) is 0 Å². The summed E-state index contributed by atoms with van der Waals surface area (Å²) in [6.45, 7) is 6.70. The first-order valence-corrected chi connectivity index (χ1v) is 8.09. The van der Waals surface area contributed by atoms with Crippen LogP contribution in [0.3, 0.4) is 0 Å². The number of hydrogen-bond donors (Lipinski definition) is 2. The number of phenolic OH excluding ortho intramolecular Hbond substituents is 1. The molecule has 1 aliphatic rings. The summed E-state index contributed by atoms with van der Waals surface area (Å²) in [4.78, 5) is 11.8. The number of alkyl carbamates (subject to hydrolysis) is 1. The Bertz CT molecular complexity index is 636. The highest BCUT2D eigenvalue weighted by atomic mass is 16.5. The van der Waals surface area contributed by atoms with E-state index in [1.807, 2.05) is 0 Å². The van der Waals surface area contributed by atoms with Gasteiger partial charge in [0.2, 0.25) is 0 Å². The van der Waals surface area contributed by atoms with Gasteiger partial charge in [-0.05, 0) is 55.4 Å². The van der Waals surface area contributed by atoms with Crippen LogP contribution in [0.2, 0.25) is 0 Å². The molecule has 5 nitrogen and oxygen atoms in total. The van der Waals surface area contributed by atoms with Gasteiger partial charge in [-0.3, -0.25) is 0 Å². The van der Waals surface area contributed by atoms with E-state index in [2.05, 4.69) is 24.9 Å². The lowest BCUT2D eigenvalue weighted by Crippen LogP contribution is -2.25. The second-order valence-corrected chi connectivity index (χ2v) is 6.12. The van der Waals surface area contributed by atoms with E-state index in [1.54, 1.807) is 12.1 Å². The Morgan fingerprint density at radius 2 is 2.25 bits per heavy atom. The van der Waals surface area contributed by atoms with E-state index in [-0.39, 0.29) is 5.75 Å². The second kappa shape index (κ2) is 8.43. The normalized spacial score (nSPS) is 16.9. The molecule has 0 aromatic heterocycles. The zero-order chi connectivity index (χ0) is 17.5. The van der Waals surface area contributed by atoms with Crippen LogP contribution in [0.5, 0.6) is 11.5 Å². The van der Waals surface area contributed by atoms with Crippen LogP contribution in [-0.2, 0) is 11.3 Å². The van der Waals surface area contributed by atoms with Crippen LogP contribution < -0.4 is 10.1 Å². The molecule has 0 saturated heterocycles. The summed E-state index contributed by atoms with van der Waals surface area (Å²) in [5, 5.41) is 12.2. The lowest BCUT2D eigenvalue weighted by atomic mass is 9.86. The smallest absolute Gasteiger partial charge is 0.407 e. The molecule has 1 aromatic rings. The number of amides is 1. The highest BCUT2D eigenvalue weighted by molar-refractivity contribution is 5.67. The fourth-order valence-corrected chi connectivity index (χ4v) is 2.68. The Labute approximate surface area is 143 Å². The van der Waals surface area contributed by atoms with Crippen molar-refractivity contribution in [2.24, 2.45) is 5.92 Å². The van der Waals surface area contributed by atoms with Crippen molar-refractivity contribution >= 4 is 6.09 Å². The van der Waals surface area contributed by atoms with Crippen LogP contribution in [0.1, 0.15) is 31.7 Å². The van der Waals surface area contributed by atoms with Crippen LogP contribution in [0.25, 0.3) is 0 Å². The first-order chi connectivity index (χ1) is 11.5. The number of ether oxygens (including phenoxy) is 2. The third-order valence-corrected chi connectivity index (χ3v) is 4.27. The van der Waals surface area contributed by atoms with Gasteiger partial charge >= 0.3 is 6.09 Å². The summed E-state index contributed by atoms with van der Waals surface area (Å²) in [6, 6.07) is 4.93. The topological polar surface area (TPSA) is 67.8 Å². The van der Waals surface area contributed by atoms with Crippen LogP contribution in [-0.4, -0.2) is 24.9 Å². The van der Waals surface area contributed by atoms with E-state index in [0.29, 0.717) is 24.8 Å². The number of methoxy groups -OCH3 is 1. The highest BCUT2D eigenvalue weighted by Crippen LogP contribution is 2.28. The molecule has 0 unspecified atom stereocenters. The van der Waals surface area contributed by atoms with Gasteiger partial charge in [-0.2, -0.15) is 0 Å². The van der Waals surface area contributed by atoms with Crippen LogP contribution in [0.15, 0.2) is 42.0 Å². The predicted molar refractivity (Wildman–Crippen MR) is 93.1 cm³/mol. The van der Waals surface area contributed by atoms with Crippen molar-refractivity contribution in [1.29, 1.82) is 0 Å². The number of rotatable bonds is 6. The van der Waals surface area contributed by atoms with E-state index in [1.165, 1.54) is 18.7 Å². The molecule has 1 aliphatic carbocycles. The van der Waals surface area contributed by atoms with E-state index in [4.69, 9.17) is 9.47 Å². The fraction of sp³-hybridized carbons (Fsp3) is 0.421. The van der Waals surface area contributed by atoms with Gasteiger partial charge in [0, 0.05) is 6.54 Å². The zero-order valence-corrected chi connectivity index (χ0v) is 14.3. The molecular weight excluding hydrogens is 306 g/mol. The molecule has 0 bridgehead atoms. The SMILES string of the molecule is C=C(C)[C@@H]1CC=C(COC(=O)NCc2ccc(O)c(OC)c2)CC1. The Balaban J connectivity index is 1.75. The molecule has 24 heavy (non-hydrogen) atoms. The van der Waals surface area contributed by atoms with Gasteiger partial charge in [0.15, 0.2) is 11.5 Å². The minimum Gasteiger partial charge on any atom is -0.504 e. The molecule has 0 radical (unpaired) electrons. The van der Waals surface area contributed by atoms with Crippen molar-refractivity contribution in [3.63, 3.8) is 0 Å². The molecule has 130 valence electrons. The number of carbonyl (C=O) groups is 1. The average molecular weight is 331 g/mol. The van der Waals surface area contributed by atoms with Crippen LogP contribution in [0.4, 0.5) is 4.79 Å². The summed E-state index contributed by atoms with van der Waals surface area (Å²) >= 11 is 0. The maximum atomic E-state index is 11.8. The molecule has 0 saturated carbocycles. The number of allylic oxidation sites excluding steroid dienone is 2. The summed E-state index contributed by atoms with van der Waals surface area (Å²) in [7, 11) is 1.48. The Hall–Kier alpha value is -2.43. The van der Waals surface area contributed by atoms with E-state index >= 15 is 0 Å². The first-order valence-electron chi connectivity index (χ1n) is 8.09. The van der Waals surface area contributed by atoms with Gasteiger partial charge in [0.05, 0.1) is 7.11 Å². The van der Waals surface area contributed by atoms with Gasteiger partial charge in [-0.1, -0.05) is 24.3 Å². The Morgan fingerprint density at radius 3 is 2.88 bits per heavy atom. The van der Waals surface area contributed by atoms with Crippen molar-refractivity contribution in [2.45, 2.75) is 32.7 Å². The maximum Gasteiger partial charge on any atom is 0.407 e. The largest absolute Gasteiger partial charge is 0.504 e. The minimum absolute atomic E-state index is 0.0705. The molecule has 1 aromatic carbocycles. The molecule has 0 heterocycles. The second-order valence-electron chi connectivity index (χ2n) is 6.12. The predicted octanol–water partition coefficient (Wildman–Crippen LogP) is 3.93. The van der Waals surface area contributed by atoms with Gasteiger partial charge < -0.3 is 19.9 Å². The third-order valence-electron chi connectivity index (χ3n) is 4.27. The standard InChI is InChI=1S/C19H25NO4/c1-13(2)16-7-4-14(5-8-16)12-24-19(22)20-11-15-6-9-17(21)18(10-15)23-3/h4,6,9-10,16,21H,1,5,7-8,11-12H2,2-3H3,(H,20,22)/t16-/m1/s1. The summed E-state index contributed by atoms with van der Waals surface area (Å²) < 4.78 is 10.3. The molecule has 1 amide bonds. The van der Waals surface area contributed by atoms with Crippen molar-refractivity contribution in [3.8, 4) is 11.5 Å². The Kier molecular flexibility index (Phi) is 6.29. The Morgan fingerprint density at radius 1 is 1.46 bits per heavy atom. The number of benzene rings is 1. The molecule has 5 heteroatoms.